The van der Waals surface area contributed by atoms with Gasteiger partial charge < -0.3 is 10.2 Å². The van der Waals surface area contributed by atoms with Gasteiger partial charge in [0.2, 0.25) is 0 Å². The molecule has 0 bridgehead atoms. The minimum absolute atomic E-state index is 0.0257. The van der Waals surface area contributed by atoms with Crippen LogP contribution in [0.2, 0.25) is 0 Å². The molecule has 9 heteroatoms. The van der Waals surface area contributed by atoms with Gasteiger partial charge in [0.1, 0.15) is 17.6 Å². The lowest BCUT2D eigenvalue weighted by Gasteiger charge is -2.34. The standard InChI is InChI=1S/C12H15F3N4O2/c1-16-8-3-2-4-18(7-8)9-5-11(12(13,14)15)17-6-10(9)19(20)21/h5-6,8,16H,2-4,7H2,1H3. The number of aromatic nitrogens is 1. The number of alkyl halides is 3. The Morgan fingerprint density at radius 3 is 2.81 bits per heavy atom. The second kappa shape index (κ2) is 5.84. The highest BCUT2D eigenvalue weighted by Gasteiger charge is 2.35. The zero-order chi connectivity index (χ0) is 15.6. The lowest BCUT2D eigenvalue weighted by molar-refractivity contribution is -0.384. The molecule has 1 unspecified atom stereocenters. The summed E-state index contributed by atoms with van der Waals surface area (Å²) in [6.07, 6.45) is -2.30. The van der Waals surface area contributed by atoms with Crippen molar-refractivity contribution in [2.24, 2.45) is 0 Å². The van der Waals surface area contributed by atoms with E-state index in [1.54, 1.807) is 11.9 Å². The molecule has 0 radical (unpaired) electrons. The van der Waals surface area contributed by atoms with Gasteiger partial charge in [-0.1, -0.05) is 0 Å². The highest BCUT2D eigenvalue weighted by atomic mass is 19.4. The fourth-order valence-electron chi connectivity index (χ4n) is 2.42. The first-order chi connectivity index (χ1) is 9.82. The van der Waals surface area contributed by atoms with Crippen LogP contribution >= 0.6 is 0 Å². The topological polar surface area (TPSA) is 71.3 Å². The Balaban J connectivity index is 2.41. The summed E-state index contributed by atoms with van der Waals surface area (Å²) in [5.41, 5.74) is -1.54. The van der Waals surface area contributed by atoms with Crippen LogP contribution in [0.25, 0.3) is 0 Å². The molecule has 0 spiro atoms. The molecule has 1 N–H and O–H groups in total. The van der Waals surface area contributed by atoms with Crippen LogP contribution in [0.3, 0.4) is 0 Å². The van der Waals surface area contributed by atoms with E-state index < -0.39 is 22.5 Å². The van der Waals surface area contributed by atoms with E-state index in [0.29, 0.717) is 19.3 Å². The third-order valence-electron chi connectivity index (χ3n) is 3.52. The lowest BCUT2D eigenvalue weighted by atomic mass is 10.0. The van der Waals surface area contributed by atoms with Crippen molar-refractivity contribution in [3.8, 4) is 0 Å². The third-order valence-corrected chi connectivity index (χ3v) is 3.52. The van der Waals surface area contributed by atoms with Crippen molar-refractivity contribution in [3.05, 3.63) is 28.1 Å². The predicted molar refractivity (Wildman–Crippen MR) is 70.2 cm³/mol. The van der Waals surface area contributed by atoms with Crippen molar-refractivity contribution in [2.75, 3.05) is 25.0 Å². The molecule has 116 valence electrons. The normalized spacial score (nSPS) is 19.6. The Morgan fingerprint density at radius 2 is 2.24 bits per heavy atom. The summed E-state index contributed by atoms with van der Waals surface area (Å²) >= 11 is 0. The molecular weight excluding hydrogens is 289 g/mol. The molecule has 21 heavy (non-hydrogen) atoms. The van der Waals surface area contributed by atoms with Gasteiger partial charge in [-0.05, 0) is 26.0 Å². The number of rotatable bonds is 3. The quantitative estimate of drug-likeness (QED) is 0.684. The molecule has 1 fully saturated rings. The van der Waals surface area contributed by atoms with E-state index in [1.165, 1.54) is 0 Å². The summed E-state index contributed by atoms with van der Waals surface area (Å²) in [6.45, 7) is 0.916. The Kier molecular flexibility index (Phi) is 4.31. The lowest BCUT2D eigenvalue weighted by Crippen LogP contribution is -2.44. The Bertz CT molecular complexity index is 536. The molecule has 0 amide bonds. The van der Waals surface area contributed by atoms with E-state index in [-0.39, 0.29) is 11.7 Å². The average Bonchev–Trinajstić information content (AvgIpc) is 2.45. The largest absolute Gasteiger partial charge is 0.433 e. The first-order valence-electron chi connectivity index (χ1n) is 6.46. The highest BCUT2D eigenvalue weighted by Crippen LogP contribution is 2.35. The van der Waals surface area contributed by atoms with Crippen LogP contribution in [0.1, 0.15) is 18.5 Å². The molecular formula is C12H15F3N4O2. The number of hydrogen-bond acceptors (Lipinski definition) is 5. The van der Waals surface area contributed by atoms with Gasteiger partial charge in [-0.15, -0.1) is 0 Å². The number of piperidine rings is 1. The van der Waals surface area contributed by atoms with Crippen molar-refractivity contribution in [2.45, 2.75) is 25.1 Å². The fraction of sp³-hybridized carbons (Fsp3) is 0.583. The van der Waals surface area contributed by atoms with E-state index in [0.717, 1.165) is 18.9 Å². The van der Waals surface area contributed by atoms with E-state index in [9.17, 15) is 23.3 Å². The summed E-state index contributed by atoms with van der Waals surface area (Å²) in [5.74, 6) is 0. The first-order valence-corrected chi connectivity index (χ1v) is 6.46. The first kappa shape index (κ1) is 15.5. The number of halogens is 3. The molecule has 0 aliphatic carbocycles. The van der Waals surface area contributed by atoms with Gasteiger partial charge in [-0.3, -0.25) is 10.1 Å². The molecule has 2 heterocycles. The van der Waals surface area contributed by atoms with Crippen molar-refractivity contribution in [1.29, 1.82) is 0 Å². The monoisotopic (exact) mass is 304 g/mol. The van der Waals surface area contributed by atoms with Gasteiger partial charge in [0.15, 0.2) is 0 Å². The van der Waals surface area contributed by atoms with Crippen LogP contribution in [0.15, 0.2) is 12.3 Å². The second-order valence-corrected chi connectivity index (χ2v) is 4.89. The van der Waals surface area contributed by atoms with Crippen molar-refractivity contribution >= 4 is 11.4 Å². The minimum Gasteiger partial charge on any atom is -0.364 e. The summed E-state index contributed by atoms with van der Waals surface area (Å²) in [4.78, 5) is 15.1. The van der Waals surface area contributed by atoms with E-state index in [1.807, 2.05) is 0 Å². The van der Waals surface area contributed by atoms with E-state index in [4.69, 9.17) is 0 Å². The molecule has 1 saturated heterocycles. The van der Waals surface area contributed by atoms with Gasteiger partial charge >= 0.3 is 11.9 Å². The SMILES string of the molecule is CNC1CCCN(c2cc(C(F)(F)F)ncc2[N+](=O)[O-])C1. The maximum Gasteiger partial charge on any atom is 0.433 e. The van der Waals surface area contributed by atoms with Gasteiger partial charge in [-0.2, -0.15) is 13.2 Å². The van der Waals surface area contributed by atoms with Crippen molar-refractivity contribution < 1.29 is 18.1 Å². The highest BCUT2D eigenvalue weighted by molar-refractivity contribution is 5.63. The van der Waals surface area contributed by atoms with Crippen molar-refractivity contribution in [1.82, 2.24) is 10.3 Å². The van der Waals surface area contributed by atoms with Crippen LogP contribution in [0.4, 0.5) is 24.5 Å². The molecule has 1 aromatic heterocycles. The number of anilines is 1. The molecule has 0 aromatic carbocycles. The number of pyridine rings is 1. The van der Waals surface area contributed by atoms with Gasteiger partial charge in [0.05, 0.1) is 4.92 Å². The van der Waals surface area contributed by atoms with Crippen LogP contribution in [0.5, 0.6) is 0 Å². The Hall–Kier alpha value is -1.90. The second-order valence-electron chi connectivity index (χ2n) is 4.89. The molecule has 1 aliphatic rings. The molecule has 1 atom stereocenters. The van der Waals surface area contributed by atoms with Gasteiger partial charge in [0.25, 0.3) is 0 Å². The summed E-state index contributed by atoms with van der Waals surface area (Å²) < 4.78 is 38.2. The van der Waals surface area contributed by atoms with Gasteiger partial charge in [0, 0.05) is 19.1 Å². The number of hydrogen-bond donors (Lipinski definition) is 1. The Morgan fingerprint density at radius 1 is 1.52 bits per heavy atom. The van der Waals surface area contributed by atoms with Crippen LogP contribution in [0, 0.1) is 10.1 Å². The molecule has 1 aromatic rings. The van der Waals surface area contributed by atoms with Crippen LogP contribution < -0.4 is 10.2 Å². The minimum atomic E-state index is -4.62. The maximum atomic E-state index is 12.7. The molecule has 6 nitrogen and oxygen atoms in total. The number of likely N-dealkylation sites (N-methyl/N-ethyl adjacent to an activating group) is 1. The van der Waals surface area contributed by atoms with Crippen LogP contribution in [-0.4, -0.2) is 36.1 Å². The van der Waals surface area contributed by atoms with Crippen LogP contribution in [-0.2, 0) is 6.18 Å². The zero-order valence-corrected chi connectivity index (χ0v) is 11.4. The third kappa shape index (κ3) is 3.41. The molecule has 2 rings (SSSR count). The summed E-state index contributed by atoms with van der Waals surface area (Å²) in [7, 11) is 1.76. The van der Waals surface area contributed by atoms with E-state index in [2.05, 4.69) is 10.3 Å². The molecule has 0 saturated carbocycles. The zero-order valence-electron chi connectivity index (χ0n) is 11.4. The summed E-state index contributed by atoms with van der Waals surface area (Å²) in [6, 6.07) is 0.858. The number of nitro groups is 1. The van der Waals surface area contributed by atoms with E-state index >= 15 is 0 Å². The summed E-state index contributed by atoms with van der Waals surface area (Å²) in [5, 5.41) is 14.1. The average molecular weight is 304 g/mol. The number of nitrogens with zero attached hydrogens (tertiary/aromatic N) is 3. The van der Waals surface area contributed by atoms with Crippen molar-refractivity contribution in [3.63, 3.8) is 0 Å². The number of nitrogens with one attached hydrogen (secondary N) is 1. The Labute approximate surface area is 119 Å². The fourth-order valence-corrected chi connectivity index (χ4v) is 2.42. The smallest absolute Gasteiger partial charge is 0.364 e. The maximum absolute atomic E-state index is 12.7. The molecule has 1 aliphatic heterocycles. The van der Waals surface area contributed by atoms with Gasteiger partial charge in [-0.25, -0.2) is 4.98 Å². The predicted octanol–water partition coefficient (Wildman–Crippen LogP) is 2.20.